The summed E-state index contributed by atoms with van der Waals surface area (Å²) in [6, 6.07) is 4.84. The highest BCUT2D eigenvalue weighted by molar-refractivity contribution is 7.99. The maximum atomic E-state index is 2.42. The minimum atomic E-state index is 0.240. The highest BCUT2D eigenvalue weighted by Gasteiger charge is 2.26. The zero-order chi connectivity index (χ0) is 12.9. The molecular formula is C16H21NS. The predicted molar refractivity (Wildman–Crippen MR) is 80.2 cm³/mol. The Hall–Kier alpha value is -0.730. The molecule has 0 bridgehead atoms. The lowest BCUT2D eigenvalue weighted by Crippen LogP contribution is -2.28. The van der Waals surface area contributed by atoms with Gasteiger partial charge in [-0.15, -0.1) is 11.8 Å². The van der Waals surface area contributed by atoms with Crippen molar-refractivity contribution in [1.29, 1.82) is 0 Å². The van der Waals surface area contributed by atoms with Crippen LogP contribution in [0.1, 0.15) is 37.5 Å². The summed E-state index contributed by atoms with van der Waals surface area (Å²) in [6.07, 6.45) is 2.41. The first-order valence-corrected chi connectivity index (χ1v) is 7.62. The van der Waals surface area contributed by atoms with E-state index in [0.29, 0.717) is 0 Å². The molecule has 2 aliphatic heterocycles. The van der Waals surface area contributed by atoms with Crippen molar-refractivity contribution >= 4 is 17.3 Å². The van der Waals surface area contributed by atoms with Gasteiger partial charge < -0.3 is 0 Å². The van der Waals surface area contributed by atoms with E-state index in [1.54, 1.807) is 0 Å². The van der Waals surface area contributed by atoms with Crippen LogP contribution in [0.2, 0.25) is 0 Å². The molecule has 2 aliphatic rings. The van der Waals surface area contributed by atoms with Gasteiger partial charge in [0.25, 0.3) is 0 Å². The van der Waals surface area contributed by atoms with Crippen molar-refractivity contribution in [3.63, 3.8) is 0 Å². The standard InChI is InChI=1S/C16H21NS/c1-16(2,3)13-7-12-10-17(4)9-11-5-6-18-14(8-13)15(11)12/h5,7-8H,6,9-10H2,1-4H3. The summed E-state index contributed by atoms with van der Waals surface area (Å²) in [4.78, 5) is 3.92. The molecule has 0 saturated carbocycles. The van der Waals surface area contributed by atoms with Crippen LogP contribution in [0.3, 0.4) is 0 Å². The lowest BCUT2D eigenvalue weighted by molar-refractivity contribution is 0.357. The molecule has 0 radical (unpaired) electrons. The van der Waals surface area contributed by atoms with Gasteiger partial charge in [-0.05, 0) is 40.8 Å². The van der Waals surface area contributed by atoms with Crippen molar-refractivity contribution < 1.29 is 0 Å². The summed E-state index contributed by atoms with van der Waals surface area (Å²) in [5.41, 5.74) is 6.30. The molecule has 1 aromatic carbocycles. The minimum absolute atomic E-state index is 0.240. The number of rotatable bonds is 0. The van der Waals surface area contributed by atoms with Gasteiger partial charge in [-0.1, -0.05) is 32.9 Å². The van der Waals surface area contributed by atoms with E-state index in [4.69, 9.17) is 0 Å². The van der Waals surface area contributed by atoms with Crippen LogP contribution < -0.4 is 0 Å². The van der Waals surface area contributed by atoms with Crippen molar-refractivity contribution in [2.45, 2.75) is 37.6 Å². The molecule has 96 valence electrons. The maximum absolute atomic E-state index is 2.42. The SMILES string of the molecule is CN1CC2=CCSc3cc(C(C)(C)C)cc(c32)C1. The van der Waals surface area contributed by atoms with Gasteiger partial charge in [-0.2, -0.15) is 0 Å². The third-order valence-corrected chi connectivity index (χ3v) is 4.79. The number of nitrogens with zero attached hydrogens (tertiary/aromatic N) is 1. The predicted octanol–water partition coefficient (Wildman–Crippen LogP) is 3.92. The van der Waals surface area contributed by atoms with Crippen molar-refractivity contribution in [3.05, 3.63) is 34.9 Å². The zero-order valence-electron chi connectivity index (χ0n) is 11.7. The molecule has 0 fully saturated rings. The van der Waals surface area contributed by atoms with Crippen LogP contribution in [0, 0.1) is 0 Å². The molecule has 18 heavy (non-hydrogen) atoms. The van der Waals surface area contributed by atoms with Crippen molar-refractivity contribution in [2.24, 2.45) is 0 Å². The molecular weight excluding hydrogens is 238 g/mol. The van der Waals surface area contributed by atoms with Crippen molar-refractivity contribution in [3.8, 4) is 0 Å². The largest absolute Gasteiger partial charge is 0.298 e. The zero-order valence-corrected chi connectivity index (χ0v) is 12.5. The monoisotopic (exact) mass is 259 g/mol. The Bertz CT molecular complexity index is 523. The van der Waals surface area contributed by atoms with Crippen LogP contribution in [-0.4, -0.2) is 24.2 Å². The van der Waals surface area contributed by atoms with Gasteiger partial charge in [-0.25, -0.2) is 0 Å². The summed E-state index contributed by atoms with van der Waals surface area (Å²) in [7, 11) is 2.22. The molecule has 3 rings (SSSR count). The fourth-order valence-electron chi connectivity index (χ4n) is 2.82. The summed E-state index contributed by atoms with van der Waals surface area (Å²) in [5, 5.41) is 0. The molecule has 1 aromatic rings. The third kappa shape index (κ3) is 2.02. The lowest BCUT2D eigenvalue weighted by atomic mass is 9.83. The molecule has 0 atom stereocenters. The second-order valence-corrected chi connectivity index (χ2v) is 7.53. The highest BCUT2D eigenvalue weighted by Crippen LogP contribution is 2.41. The summed E-state index contributed by atoms with van der Waals surface area (Å²) >= 11 is 1.99. The quantitative estimate of drug-likeness (QED) is 0.695. The van der Waals surface area contributed by atoms with Gasteiger partial charge in [-0.3, -0.25) is 4.90 Å². The molecule has 0 spiro atoms. The van der Waals surface area contributed by atoms with E-state index in [-0.39, 0.29) is 5.41 Å². The van der Waals surface area contributed by atoms with Crippen LogP contribution in [-0.2, 0) is 12.0 Å². The number of hydrogen-bond donors (Lipinski definition) is 0. The third-order valence-electron chi connectivity index (χ3n) is 3.82. The van der Waals surface area contributed by atoms with Crippen LogP contribution in [0.4, 0.5) is 0 Å². The van der Waals surface area contributed by atoms with Crippen molar-refractivity contribution in [2.75, 3.05) is 19.3 Å². The Morgan fingerprint density at radius 1 is 1.17 bits per heavy atom. The highest BCUT2D eigenvalue weighted by atomic mass is 32.2. The molecule has 2 heteroatoms. The second kappa shape index (κ2) is 4.14. The van der Waals surface area contributed by atoms with Crippen molar-refractivity contribution in [1.82, 2.24) is 4.90 Å². The Balaban J connectivity index is 2.19. The Kier molecular flexibility index (Phi) is 2.83. The normalized spacial score (nSPS) is 19.4. The average molecular weight is 259 g/mol. The van der Waals surface area contributed by atoms with Gasteiger partial charge >= 0.3 is 0 Å². The fraction of sp³-hybridized carbons (Fsp3) is 0.500. The van der Waals surface area contributed by atoms with Crippen LogP contribution in [0.15, 0.2) is 23.1 Å². The van der Waals surface area contributed by atoms with E-state index in [2.05, 4.69) is 50.9 Å². The molecule has 0 amide bonds. The van der Waals surface area contributed by atoms with Gasteiger partial charge in [0.2, 0.25) is 0 Å². The van der Waals surface area contributed by atoms with Gasteiger partial charge in [0.05, 0.1) is 0 Å². The second-order valence-electron chi connectivity index (χ2n) is 6.47. The fourth-order valence-corrected chi connectivity index (χ4v) is 3.91. The summed E-state index contributed by atoms with van der Waals surface area (Å²) in [5.74, 6) is 1.13. The van der Waals surface area contributed by atoms with E-state index in [1.165, 1.54) is 27.2 Å². The van der Waals surface area contributed by atoms with Gasteiger partial charge in [0.15, 0.2) is 0 Å². The summed E-state index contributed by atoms with van der Waals surface area (Å²) in [6.45, 7) is 9.11. The first-order valence-electron chi connectivity index (χ1n) is 6.63. The molecule has 0 N–H and O–H groups in total. The van der Waals surface area contributed by atoms with Crippen LogP contribution in [0.5, 0.6) is 0 Å². The maximum Gasteiger partial charge on any atom is 0.0240 e. The van der Waals surface area contributed by atoms with Gasteiger partial charge in [0.1, 0.15) is 0 Å². The Labute approximate surface area is 114 Å². The van der Waals surface area contributed by atoms with E-state index in [1.807, 2.05) is 11.8 Å². The number of benzene rings is 1. The van der Waals surface area contributed by atoms with Crippen LogP contribution >= 0.6 is 11.8 Å². The molecule has 2 heterocycles. The van der Waals surface area contributed by atoms with E-state index < -0.39 is 0 Å². The lowest BCUT2D eigenvalue weighted by Gasteiger charge is -2.33. The minimum Gasteiger partial charge on any atom is -0.298 e. The topological polar surface area (TPSA) is 3.24 Å². The molecule has 0 aromatic heterocycles. The Morgan fingerprint density at radius 2 is 1.94 bits per heavy atom. The molecule has 1 nitrogen and oxygen atoms in total. The number of likely N-dealkylation sites (N-methyl/N-ethyl adjacent to an activating group) is 1. The molecule has 0 unspecified atom stereocenters. The van der Waals surface area contributed by atoms with E-state index in [0.717, 1.165) is 18.8 Å². The van der Waals surface area contributed by atoms with E-state index >= 15 is 0 Å². The summed E-state index contributed by atoms with van der Waals surface area (Å²) < 4.78 is 0. The number of hydrogen-bond acceptors (Lipinski definition) is 2. The number of thioether (sulfide) groups is 1. The first kappa shape index (κ1) is 12.3. The molecule has 0 saturated heterocycles. The average Bonchev–Trinajstić information content (AvgIpc) is 2.27. The Morgan fingerprint density at radius 3 is 2.67 bits per heavy atom. The smallest absolute Gasteiger partial charge is 0.0240 e. The van der Waals surface area contributed by atoms with E-state index in [9.17, 15) is 0 Å². The first-order chi connectivity index (χ1) is 8.45. The van der Waals surface area contributed by atoms with Crippen LogP contribution in [0.25, 0.3) is 5.57 Å². The molecule has 0 aliphatic carbocycles. The van der Waals surface area contributed by atoms with Gasteiger partial charge in [0, 0.05) is 23.7 Å².